The average Bonchev–Trinajstić information content (AvgIpc) is 2.49. The fourth-order valence-electron chi connectivity index (χ4n) is 0.879. The lowest BCUT2D eigenvalue weighted by Crippen LogP contribution is -2.26. The molecule has 0 N–H and O–H groups in total. The topological polar surface area (TPSA) is 20.3 Å². The van der Waals surface area contributed by atoms with E-state index in [2.05, 4.69) is 28.6 Å². The van der Waals surface area contributed by atoms with Crippen LogP contribution in [-0.4, -0.2) is 23.6 Å². The molecule has 0 bridgehead atoms. The van der Waals surface area contributed by atoms with Crippen LogP contribution in [0.25, 0.3) is 0 Å². The predicted molar refractivity (Wildman–Crippen MR) is 62.3 cm³/mol. The molecule has 0 fully saturated rings. The van der Waals surface area contributed by atoms with Crippen LogP contribution >= 0.6 is 39.9 Å². The van der Waals surface area contributed by atoms with Gasteiger partial charge in [0.05, 0.1) is 16.1 Å². The van der Waals surface area contributed by atoms with Crippen LogP contribution in [0, 0.1) is 0 Å². The number of thiophene rings is 1. The molecule has 0 saturated heterocycles. The SMILES string of the molecule is CN(Cc1ccc(Br)s1)C(=O)CS. The number of hydrogen-bond acceptors (Lipinski definition) is 3. The van der Waals surface area contributed by atoms with E-state index >= 15 is 0 Å². The molecule has 0 atom stereocenters. The van der Waals surface area contributed by atoms with Crippen LogP contribution in [0.4, 0.5) is 0 Å². The maximum absolute atomic E-state index is 11.2. The fourth-order valence-corrected chi connectivity index (χ4v) is 2.66. The van der Waals surface area contributed by atoms with E-state index in [0.29, 0.717) is 6.54 Å². The minimum Gasteiger partial charge on any atom is -0.340 e. The first kappa shape index (κ1) is 11.1. The van der Waals surface area contributed by atoms with E-state index in [0.717, 1.165) is 3.79 Å². The van der Waals surface area contributed by atoms with Crippen molar-refractivity contribution in [3.63, 3.8) is 0 Å². The number of amides is 1. The van der Waals surface area contributed by atoms with Crippen molar-refractivity contribution in [3.8, 4) is 0 Å². The lowest BCUT2D eigenvalue weighted by atomic mass is 10.4. The smallest absolute Gasteiger partial charge is 0.232 e. The minimum atomic E-state index is 0.0489. The molecule has 1 amide bonds. The molecular weight excluding hydrogens is 270 g/mol. The highest BCUT2D eigenvalue weighted by Crippen LogP contribution is 2.22. The highest BCUT2D eigenvalue weighted by Gasteiger charge is 2.07. The Hall–Kier alpha value is -0.000000000000000111. The molecule has 1 heterocycles. The first-order valence-electron chi connectivity index (χ1n) is 3.72. The van der Waals surface area contributed by atoms with Crippen LogP contribution in [-0.2, 0) is 11.3 Å². The number of hydrogen-bond donors (Lipinski definition) is 1. The molecule has 0 spiro atoms. The van der Waals surface area contributed by atoms with Crippen LogP contribution in [0.2, 0.25) is 0 Å². The quantitative estimate of drug-likeness (QED) is 0.843. The van der Waals surface area contributed by atoms with Gasteiger partial charge in [-0.05, 0) is 28.1 Å². The third-order valence-electron chi connectivity index (χ3n) is 1.58. The van der Waals surface area contributed by atoms with Gasteiger partial charge in [0.25, 0.3) is 0 Å². The molecule has 2 nitrogen and oxygen atoms in total. The normalized spacial score (nSPS) is 10.1. The number of carbonyl (C=O) groups excluding carboxylic acids is 1. The second kappa shape index (κ2) is 5.02. The van der Waals surface area contributed by atoms with Gasteiger partial charge in [0.1, 0.15) is 0 Å². The summed E-state index contributed by atoms with van der Waals surface area (Å²) in [7, 11) is 1.78. The maximum Gasteiger partial charge on any atom is 0.232 e. The van der Waals surface area contributed by atoms with Crippen LogP contribution in [0.1, 0.15) is 4.88 Å². The van der Waals surface area contributed by atoms with Crippen molar-refractivity contribution in [1.29, 1.82) is 0 Å². The summed E-state index contributed by atoms with van der Waals surface area (Å²) in [6.07, 6.45) is 0. The lowest BCUT2D eigenvalue weighted by Gasteiger charge is -2.14. The van der Waals surface area contributed by atoms with E-state index in [-0.39, 0.29) is 11.7 Å². The van der Waals surface area contributed by atoms with Crippen LogP contribution < -0.4 is 0 Å². The number of halogens is 1. The summed E-state index contributed by atoms with van der Waals surface area (Å²) in [6.45, 7) is 0.662. The summed E-state index contributed by atoms with van der Waals surface area (Å²) >= 11 is 8.95. The Balaban J connectivity index is 2.54. The Morgan fingerprint density at radius 3 is 2.85 bits per heavy atom. The zero-order chi connectivity index (χ0) is 9.84. The zero-order valence-electron chi connectivity index (χ0n) is 7.16. The summed E-state index contributed by atoms with van der Waals surface area (Å²) in [4.78, 5) is 14.0. The van der Waals surface area contributed by atoms with E-state index in [1.165, 1.54) is 4.88 Å². The fraction of sp³-hybridized carbons (Fsp3) is 0.375. The minimum absolute atomic E-state index is 0.0489. The molecule has 0 aliphatic heterocycles. The molecule has 72 valence electrons. The molecular formula is C8H10BrNOS2. The Labute approximate surface area is 95.5 Å². The number of carbonyl (C=O) groups is 1. The van der Waals surface area contributed by atoms with Crippen molar-refractivity contribution < 1.29 is 4.79 Å². The molecule has 1 rings (SSSR count). The number of nitrogens with zero attached hydrogens (tertiary/aromatic N) is 1. The Morgan fingerprint density at radius 2 is 2.38 bits per heavy atom. The maximum atomic E-state index is 11.2. The highest BCUT2D eigenvalue weighted by molar-refractivity contribution is 9.11. The molecule has 5 heteroatoms. The van der Waals surface area contributed by atoms with Crippen molar-refractivity contribution in [3.05, 3.63) is 20.8 Å². The standard InChI is InChI=1S/C8H10BrNOS2/c1-10(8(11)5-12)4-6-2-3-7(9)13-6/h2-3,12H,4-5H2,1H3. The molecule has 0 unspecified atom stereocenters. The van der Waals surface area contributed by atoms with Gasteiger partial charge in [-0.15, -0.1) is 11.3 Å². The molecule has 0 radical (unpaired) electrons. The third kappa shape index (κ3) is 3.32. The predicted octanol–water partition coefficient (Wildman–Crippen LogP) is 2.40. The highest BCUT2D eigenvalue weighted by atomic mass is 79.9. The van der Waals surface area contributed by atoms with Gasteiger partial charge in [-0.2, -0.15) is 12.6 Å². The zero-order valence-corrected chi connectivity index (χ0v) is 10.5. The second-order valence-corrected chi connectivity index (χ2v) is 5.48. The van der Waals surface area contributed by atoms with E-state index in [9.17, 15) is 4.79 Å². The van der Waals surface area contributed by atoms with Gasteiger partial charge in [0.15, 0.2) is 0 Å². The summed E-state index contributed by atoms with van der Waals surface area (Å²) < 4.78 is 1.09. The molecule has 13 heavy (non-hydrogen) atoms. The van der Waals surface area contributed by atoms with Crippen LogP contribution in [0.5, 0.6) is 0 Å². The van der Waals surface area contributed by atoms with Gasteiger partial charge in [0.2, 0.25) is 5.91 Å². The van der Waals surface area contributed by atoms with Gasteiger partial charge >= 0.3 is 0 Å². The van der Waals surface area contributed by atoms with Crippen LogP contribution in [0.15, 0.2) is 15.9 Å². The van der Waals surface area contributed by atoms with Crippen molar-refractivity contribution >= 4 is 45.8 Å². The summed E-state index contributed by atoms with van der Waals surface area (Å²) in [5.74, 6) is 0.316. The Morgan fingerprint density at radius 1 is 1.69 bits per heavy atom. The van der Waals surface area contributed by atoms with Crippen molar-refractivity contribution in [1.82, 2.24) is 4.90 Å². The molecule has 1 aromatic heterocycles. The second-order valence-electron chi connectivity index (χ2n) is 2.61. The van der Waals surface area contributed by atoms with Crippen molar-refractivity contribution in [2.45, 2.75) is 6.54 Å². The number of thiol groups is 1. The van der Waals surface area contributed by atoms with E-state index in [1.54, 1.807) is 23.3 Å². The average molecular weight is 280 g/mol. The Bertz CT molecular complexity index is 300. The summed E-state index contributed by atoms with van der Waals surface area (Å²) in [6, 6.07) is 4.00. The van der Waals surface area contributed by atoms with Crippen LogP contribution in [0.3, 0.4) is 0 Å². The molecule has 1 aromatic rings. The number of rotatable bonds is 3. The first-order valence-corrected chi connectivity index (χ1v) is 5.96. The Kier molecular flexibility index (Phi) is 4.28. The monoisotopic (exact) mass is 279 g/mol. The first-order chi connectivity index (χ1) is 6.13. The van der Waals surface area contributed by atoms with Gasteiger partial charge < -0.3 is 4.90 Å². The molecule has 0 aliphatic rings. The molecule has 0 aliphatic carbocycles. The van der Waals surface area contributed by atoms with E-state index < -0.39 is 0 Å². The third-order valence-corrected chi connectivity index (χ3v) is 3.46. The van der Waals surface area contributed by atoms with Gasteiger partial charge in [-0.25, -0.2) is 0 Å². The summed E-state index contributed by atoms with van der Waals surface area (Å²) in [5, 5.41) is 0. The molecule has 0 aromatic carbocycles. The van der Waals surface area contributed by atoms with Crippen molar-refractivity contribution in [2.75, 3.05) is 12.8 Å². The van der Waals surface area contributed by atoms with E-state index in [4.69, 9.17) is 0 Å². The van der Waals surface area contributed by atoms with Crippen molar-refractivity contribution in [2.24, 2.45) is 0 Å². The van der Waals surface area contributed by atoms with E-state index in [1.807, 2.05) is 12.1 Å². The van der Waals surface area contributed by atoms with Gasteiger partial charge in [-0.3, -0.25) is 4.79 Å². The summed E-state index contributed by atoms with van der Waals surface area (Å²) in [5.41, 5.74) is 0. The largest absolute Gasteiger partial charge is 0.340 e. The molecule has 0 saturated carbocycles. The van der Waals surface area contributed by atoms with Gasteiger partial charge in [-0.1, -0.05) is 0 Å². The lowest BCUT2D eigenvalue weighted by molar-refractivity contribution is -0.127. The van der Waals surface area contributed by atoms with Gasteiger partial charge in [0, 0.05) is 11.9 Å².